The van der Waals surface area contributed by atoms with Gasteiger partial charge in [0.25, 0.3) is 5.91 Å². The van der Waals surface area contributed by atoms with Gasteiger partial charge >= 0.3 is 5.97 Å². The molecule has 23 heavy (non-hydrogen) atoms. The number of nitrogens with one attached hydrogen (secondary N) is 1. The molecule has 124 valence electrons. The quantitative estimate of drug-likeness (QED) is 0.736. The van der Waals surface area contributed by atoms with Gasteiger partial charge in [0.15, 0.2) is 6.10 Å². The van der Waals surface area contributed by atoms with Gasteiger partial charge in [-0.15, -0.1) is 0 Å². The van der Waals surface area contributed by atoms with Crippen LogP contribution in [-0.2, 0) is 19.6 Å². The Morgan fingerprint density at radius 1 is 1.39 bits per heavy atom. The number of carbonyl (C=O) groups is 2. The van der Waals surface area contributed by atoms with E-state index in [4.69, 9.17) is 5.26 Å². The minimum Gasteiger partial charge on any atom is -0.446 e. The van der Waals surface area contributed by atoms with Gasteiger partial charge < -0.3 is 10.1 Å². The summed E-state index contributed by atoms with van der Waals surface area (Å²) < 4.78 is 29.7. The van der Waals surface area contributed by atoms with Crippen molar-refractivity contribution in [3.63, 3.8) is 0 Å². The van der Waals surface area contributed by atoms with Crippen molar-refractivity contribution in [1.29, 1.82) is 5.26 Å². The van der Waals surface area contributed by atoms with E-state index in [1.54, 1.807) is 6.07 Å². The summed E-state index contributed by atoms with van der Waals surface area (Å²) >= 11 is 0. The number of esters is 1. The normalized spacial score (nSPS) is 12.3. The molecule has 1 aromatic rings. The van der Waals surface area contributed by atoms with Gasteiger partial charge in [-0.2, -0.15) is 5.26 Å². The van der Waals surface area contributed by atoms with Gasteiger partial charge in [0.2, 0.25) is 10.0 Å². The van der Waals surface area contributed by atoms with Gasteiger partial charge in [-0.3, -0.25) is 9.59 Å². The van der Waals surface area contributed by atoms with Crippen molar-refractivity contribution in [2.24, 2.45) is 0 Å². The van der Waals surface area contributed by atoms with E-state index in [0.29, 0.717) is 0 Å². The average Bonchev–Trinajstić information content (AvgIpc) is 2.52. The van der Waals surface area contributed by atoms with Crippen LogP contribution in [-0.4, -0.2) is 51.3 Å². The van der Waals surface area contributed by atoms with Crippen molar-refractivity contribution in [2.75, 3.05) is 20.6 Å². The second-order valence-corrected chi connectivity index (χ2v) is 6.91. The molecule has 1 aromatic carbocycles. The Morgan fingerprint density at radius 2 is 2.04 bits per heavy atom. The maximum atomic E-state index is 12.0. The number of hydrogen-bond acceptors (Lipinski definition) is 6. The summed E-state index contributed by atoms with van der Waals surface area (Å²) in [6.07, 6.45) is -0.909. The van der Waals surface area contributed by atoms with Crippen LogP contribution in [0.4, 0.5) is 0 Å². The highest BCUT2D eigenvalue weighted by Gasteiger charge is 2.19. The Labute approximate surface area is 134 Å². The van der Waals surface area contributed by atoms with Gasteiger partial charge in [-0.1, -0.05) is 6.07 Å². The Morgan fingerprint density at radius 3 is 2.61 bits per heavy atom. The van der Waals surface area contributed by atoms with Crippen molar-refractivity contribution in [1.82, 2.24) is 9.62 Å². The lowest BCUT2D eigenvalue weighted by Gasteiger charge is -2.12. The molecular weight excluding hydrogens is 322 g/mol. The molecule has 0 saturated heterocycles. The van der Waals surface area contributed by atoms with Crippen LogP contribution in [0.1, 0.15) is 17.3 Å². The maximum Gasteiger partial charge on any atom is 0.326 e. The number of nitrogens with zero attached hydrogens (tertiary/aromatic N) is 2. The molecule has 0 unspecified atom stereocenters. The zero-order chi connectivity index (χ0) is 17.6. The Hall–Kier alpha value is -2.44. The van der Waals surface area contributed by atoms with Crippen molar-refractivity contribution in [3.8, 4) is 6.07 Å². The molecule has 0 fully saturated rings. The lowest BCUT2D eigenvalue weighted by molar-refractivity contribution is -0.144. The van der Waals surface area contributed by atoms with Crippen LogP contribution >= 0.6 is 0 Å². The Balaban J connectivity index is 2.79. The number of amides is 1. The van der Waals surface area contributed by atoms with E-state index in [2.05, 4.69) is 10.1 Å². The molecule has 0 aliphatic rings. The van der Waals surface area contributed by atoms with Crippen molar-refractivity contribution in [2.45, 2.75) is 17.9 Å². The third-order valence-electron chi connectivity index (χ3n) is 2.76. The summed E-state index contributed by atoms with van der Waals surface area (Å²) in [5.41, 5.74) is 0.0917. The predicted octanol–water partition coefficient (Wildman–Crippen LogP) is 0.122. The van der Waals surface area contributed by atoms with Crippen LogP contribution in [0.2, 0.25) is 0 Å². The SMILES string of the molecule is C[C@H](C#N)OC(=O)CNC(=O)c1cccc(S(=O)(=O)N(C)C)c1. The van der Waals surface area contributed by atoms with Gasteiger partial charge in [0.1, 0.15) is 12.6 Å². The van der Waals surface area contributed by atoms with Crippen LogP contribution in [0.3, 0.4) is 0 Å². The topological polar surface area (TPSA) is 117 Å². The second kappa shape index (κ2) is 7.71. The largest absolute Gasteiger partial charge is 0.446 e. The molecule has 1 atom stereocenters. The van der Waals surface area contributed by atoms with Gasteiger partial charge in [0.05, 0.1) is 4.90 Å². The predicted molar refractivity (Wildman–Crippen MR) is 80.8 cm³/mol. The minimum atomic E-state index is -3.66. The van der Waals surface area contributed by atoms with Crippen LogP contribution < -0.4 is 5.32 Å². The van der Waals surface area contributed by atoms with E-state index in [1.165, 1.54) is 45.3 Å². The van der Waals surface area contributed by atoms with Crippen LogP contribution in [0.15, 0.2) is 29.2 Å². The average molecular weight is 339 g/mol. The number of benzene rings is 1. The first-order valence-electron chi connectivity index (χ1n) is 6.58. The molecule has 1 rings (SSSR count). The number of rotatable bonds is 6. The summed E-state index contributed by atoms with van der Waals surface area (Å²) in [5.74, 6) is -1.38. The van der Waals surface area contributed by atoms with E-state index >= 15 is 0 Å². The standard InChI is InChI=1S/C14H17N3O5S/c1-10(8-15)22-13(18)9-16-14(19)11-5-4-6-12(7-11)23(20,21)17(2)3/h4-7,10H,9H2,1-3H3,(H,16,19)/t10-/m1/s1. The molecule has 0 bridgehead atoms. The third-order valence-corrected chi connectivity index (χ3v) is 4.57. The molecule has 8 nitrogen and oxygen atoms in total. The molecule has 0 aromatic heterocycles. The minimum absolute atomic E-state index is 0.0316. The zero-order valence-corrected chi connectivity index (χ0v) is 13.8. The maximum absolute atomic E-state index is 12.0. The second-order valence-electron chi connectivity index (χ2n) is 4.76. The summed E-state index contributed by atoms with van der Waals surface area (Å²) in [4.78, 5) is 23.3. The fraction of sp³-hybridized carbons (Fsp3) is 0.357. The first kappa shape index (κ1) is 18.6. The molecule has 0 heterocycles. The third kappa shape index (κ3) is 5.05. The molecule has 0 spiro atoms. The monoisotopic (exact) mass is 339 g/mol. The molecule has 9 heteroatoms. The highest BCUT2D eigenvalue weighted by Crippen LogP contribution is 2.14. The molecular formula is C14H17N3O5S. The van der Waals surface area contributed by atoms with Crippen molar-refractivity contribution in [3.05, 3.63) is 29.8 Å². The highest BCUT2D eigenvalue weighted by atomic mass is 32.2. The molecule has 0 aliphatic heterocycles. The number of nitriles is 1. The first-order valence-corrected chi connectivity index (χ1v) is 8.02. The van der Waals surface area contributed by atoms with Gasteiger partial charge in [-0.25, -0.2) is 12.7 Å². The van der Waals surface area contributed by atoms with E-state index < -0.39 is 34.5 Å². The summed E-state index contributed by atoms with van der Waals surface area (Å²) in [5, 5.41) is 10.8. The van der Waals surface area contributed by atoms with Gasteiger partial charge in [-0.05, 0) is 25.1 Å². The first-order chi connectivity index (χ1) is 10.7. The lowest BCUT2D eigenvalue weighted by Crippen LogP contribution is -2.32. The fourth-order valence-electron chi connectivity index (χ4n) is 1.53. The number of sulfonamides is 1. The molecule has 0 aliphatic carbocycles. The van der Waals surface area contributed by atoms with Crippen molar-refractivity contribution >= 4 is 21.9 Å². The number of hydrogen-bond donors (Lipinski definition) is 1. The van der Waals surface area contributed by atoms with E-state index in [-0.39, 0.29) is 10.5 Å². The zero-order valence-electron chi connectivity index (χ0n) is 12.9. The summed E-state index contributed by atoms with van der Waals surface area (Å²) in [7, 11) is -0.891. The van der Waals surface area contributed by atoms with Crippen LogP contribution in [0.25, 0.3) is 0 Å². The van der Waals surface area contributed by atoms with E-state index in [0.717, 1.165) is 4.31 Å². The molecule has 0 radical (unpaired) electrons. The summed E-state index contributed by atoms with van der Waals surface area (Å²) in [6, 6.07) is 7.16. The van der Waals surface area contributed by atoms with E-state index in [9.17, 15) is 18.0 Å². The lowest BCUT2D eigenvalue weighted by atomic mass is 10.2. The fourth-order valence-corrected chi connectivity index (χ4v) is 2.48. The Kier molecular flexibility index (Phi) is 6.24. The van der Waals surface area contributed by atoms with Crippen LogP contribution in [0, 0.1) is 11.3 Å². The molecule has 1 amide bonds. The summed E-state index contributed by atoms with van der Waals surface area (Å²) in [6.45, 7) is 0.977. The van der Waals surface area contributed by atoms with E-state index in [1.807, 2.05) is 0 Å². The van der Waals surface area contributed by atoms with Crippen molar-refractivity contribution < 1.29 is 22.7 Å². The number of carbonyl (C=O) groups excluding carboxylic acids is 2. The van der Waals surface area contributed by atoms with Gasteiger partial charge in [0, 0.05) is 19.7 Å². The highest BCUT2D eigenvalue weighted by molar-refractivity contribution is 7.89. The molecule has 0 saturated carbocycles. The molecule has 1 N–H and O–H groups in total. The number of ether oxygens (including phenoxy) is 1. The van der Waals surface area contributed by atoms with Crippen LogP contribution in [0.5, 0.6) is 0 Å². The smallest absolute Gasteiger partial charge is 0.326 e. The Bertz CT molecular complexity index is 737.